The largest absolute Gasteiger partial charge is 0.179 e. The lowest BCUT2D eigenvalue weighted by Gasteiger charge is -2.21. The van der Waals surface area contributed by atoms with Crippen LogP contribution in [0, 0.1) is 11.8 Å². The molecule has 0 aliphatic rings. The molecular formula is C13H28S. The van der Waals surface area contributed by atoms with Crippen LogP contribution in [0.15, 0.2) is 0 Å². The molecule has 0 aliphatic carbocycles. The van der Waals surface area contributed by atoms with E-state index in [0.717, 1.165) is 17.6 Å². The predicted octanol–water partition coefficient (Wildman–Crippen LogP) is 4.94. The molecule has 0 bridgehead atoms. The maximum Gasteiger partial charge on any atom is -0.00670 e. The van der Waals surface area contributed by atoms with E-state index in [9.17, 15) is 0 Å². The first kappa shape index (κ1) is 14.3. The molecule has 0 aliphatic heterocycles. The summed E-state index contributed by atoms with van der Waals surface area (Å²) in [6.07, 6.45) is 9.66. The Hall–Kier alpha value is 0.350. The lowest BCUT2D eigenvalue weighted by Crippen LogP contribution is -2.13. The molecular weight excluding hydrogens is 188 g/mol. The zero-order valence-electron chi connectivity index (χ0n) is 10.3. The zero-order valence-corrected chi connectivity index (χ0v) is 11.2. The van der Waals surface area contributed by atoms with Crippen molar-refractivity contribution in [3.8, 4) is 0 Å². The summed E-state index contributed by atoms with van der Waals surface area (Å²) in [5.74, 6) is 2.81. The van der Waals surface area contributed by atoms with Gasteiger partial charge in [-0.2, -0.15) is 12.6 Å². The molecule has 0 spiro atoms. The first-order valence-corrected chi connectivity index (χ1v) is 7.00. The minimum atomic E-state index is 0.857. The molecule has 0 amide bonds. The van der Waals surface area contributed by atoms with Gasteiger partial charge in [0.05, 0.1) is 0 Å². The fourth-order valence-electron chi connectivity index (χ4n) is 2.08. The third-order valence-corrected chi connectivity index (χ3v) is 3.68. The van der Waals surface area contributed by atoms with Crippen molar-refractivity contribution >= 4 is 12.6 Å². The lowest BCUT2D eigenvalue weighted by molar-refractivity contribution is 0.337. The van der Waals surface area contributed by atoms with Crippen molar-refractivity contribution in [3.63, 3.8) is 0 Å². The van der Waals surface area contributed by atoms with Gasteiger partial charge < -0.3 is 0 Å². The van der Waals surface area contributed by atoms with E-state index in [2.05, 4.69) is 33.4 Å². The summed E-state index contributed by atoms with van der Waals surface area (Å²) in [7, 11) is 0. The third kappa shape index (κ3) is 6.75. The van der Waals surface area contributed by atoms with Gasteiger partial charge >= 0.3 is 0 Å². The van der Waals surface area contributed by atoms with Gasteiger partial charge in [-0.15, -0.1) is 0 Å². The molecule has 0 saturated heterocycles. The van der Waals surface area contributed by atoms with Gasteiger partial charge in [-0.25, -0.2) is 0 Å². The summed E-state index contributed by atoms with van der Waals surface area (Å²) in [6, 6.07) is 0. The molecule has 0 aromatic heterocycles. The van der Waals surface area contributed by atoms with Crippen LogP contribution >= 0.6 is 12.6 Å². The van der Waals surface area contributed by atoms with Crippen molar-refractivity contribution in [2.45, 2.75) is 65.7 Å². The maximum atomic E-state index is 4.47. The van der Waals surface area contributed by atoms with E-state index in [-0.39, 0.29) is 0 Å². The molecule has 86 valence electrons. The first-order valence-electron chi connectivity index (χ1n) is 6.37. The van der Waals surface area contributed by atoms with Crippen LogP contribution in [0.2, 0.25) is 0 Å². The Morgan fingerprint density at radius 2 is 1.64 bits per heavy atom. The quantitative estimate of drug-likeness (QED) is 0.409. The monoisotopic (exact) mass is 216 g/mol. The molecule has 0 N–H and O–H groups in total. The van der Waals surface area contributed by atoms with Crippen molar-refractivity contribution in [3.05, 3.63) is 0 Å². The van der Waals surface area contributed by atoms with Crippen LogP contribution in [-0.4, -0.2) is 5.75 Å². The van der Waals surface area contributed by atoms with Crippen molar-refractivity contribution in [1.29, 1.82) is 0 Å². The summed E-state index contributed by atoms with van der Waals surface area (Å²) < 4.78 is 0. The van der Waals surface area contributed by atoms with E-state index in [1.807, 2.05) is 0 Å². The van der Waals surface area contributed by atoms with Crippen LogP contribution < -0.4 is 0 Å². The number of hydrogen-bond donors (Lipinski definition) is 1. The van der Waals surface area contributed by atoms with E-state index in [1.54, 1.807) is 0 Å². The van der Waals surface area contributed by atoms with E-state index >= 15 is 0 Å². The molecule has 0 radical (unpaired) electrons. The topological polar surface area (TPSA) is 0 Å². The Kier molecular flexibility index (Phi) is 10.1. The first-order chi connectivity index (χ1) is 6.76. The minimum absolute atomic E-state index is 0.857. The molecule has 0 fully saturated rings. The maximum absolute atomic E-state index is 4.47. The van der Waals surface area contributed by atoms with Gasteiger partial charge in [0.2, 0.25) is 0 Å². The Labute approximate surface area is 96.3 Å². The van der Waals surface area contributed by atoms with E-state index in [1.165, 1.54) is 44.9 Å². The van der Waals surface area contributed by atoms with Gasteiger partial charge in [0.25, 0.3) is 0 Å². The molecule has 0 heterocycles. The van der Waals surface area contributed by atoms with Crippen LogP contribution in [0.5, 0.6) is 0 Å². The molecule has 1 heteroatoms. The van der Waals surface area contributed by atoms with E-state index in [4.69, 9.17) is 0 Å². The van der Waals surface area contributed by atoms with Gasteiger partial charge in [0, 0.05) is 0 Å². The normalized spacial score (nSPS) is 15.4. The number of rotatable bonds is 9. The predicted molar refractivity (Wildman–Crippen MR) is 70.2 cm³/mol. The highest BCUT2D eigenvalue weighted by Gasteiger charge is 2.14. The zero-order chi connectivity index (χ0) is 10.8. The highest BCUT2D eigenvalue weighted by atomic mass is 32.1. The number of thiol groups is 1. The summed E-state index contributed by atoms with van der Waals surface area (Å²) in [5, 5.41) is 0. The third-order valence-electron chi connectivity index (χ3n) is 3.21. The van der Waals surface area contributed by atoms with Crippen LogP contribution in [0.4, 0.5) is 0 Å². The molecule has 0 aromatic rings. The second kappa shape index (κ2) is 9.89. The van der Waals surface area contributed by atoms with Crippen molar-refractivity contribution in [2.24, 2.45) is 11.8 Å². The smallest absolute Gasteiger partial charge is 0.00670 e. The summed E-state index contributed by atoms with van der Waals surface area (Å²) in [6.45, 7) is 6.95. The van der Waals surface area contributed by atoms with Gasteiger partial charge in [-0.05, 0) is 24.0 Å². The second-order valence-electron chi connectivity index (χ2n) is 4.56. The Morgan fingerprint density at radius 3 is 2.14 bits per heavy atom. The van der Waals surface area contributed by atoms with Gasteiger partial charge in [0.15, 0.2) is 0 Å². The van der Waals surface area contributed by atoms with Crippen LogP contribution in [0.1, 0.15) is 65.7 Å². The molecule has 2 atom stereocenters. The second-order valence-corrected chi connectivity index (χ2v) is 4.92. The molecule has 0 saturated carbocycles. The Morgan fingerprint density at radius 1 is 0.929 bits per heavy atom. The van der Waals surface area contributed by atoms with Crippen LogP contribution in [0.3, 0.4) is 0 Å². The van der Waals surface area contributed by atoms with Gasteiger partial charge in [0.1, 0.15) is 0 Å². The number of hydrogen-bond acceptors (Lipinski definition) is 1. The fourth-order valence-corrected chi connectivity index (χ4v) is 2.62. The minimum Gasteiger partial charge on any atom is -0.179 e. The SMILES string of the molecule is CCCCCCC(CS)C(C)CCC. The molecule has 0 nitrogen and oxygen atoms in total. The number of unbranched alkanes of at least 4 members (excludes halogenated alkanes) is 3. The highest BCUT2D eigenvalue weighted by molar-refractivity contribution is 7.80. The lowest BCUT2D eigenvalue weighted by atomic mass is 9.87. The summed E-state index contributed by atoms with van der Waals surface area (Å²) in [5.41, 5.74) is 0. The van der Waals surface area contributed by atoms with Crippen molar-refractivity contribution in [1.82, 2.24) is 0 Å². The average molecular weight is 216 g/mol. The highest BCUT2D eigenvalue weighted by Crippen LogP contribution is 2.24. The van der Waals surface area contributed by atoms with Crippen LogP contribution in [0.25, 0.3) is 0 Å². The average Bonchev–Trinajstić information content (AvgIpc) is 2.18. The molecule has 0 aromatic carbocycles. The Balaban J connectivity index is 3.56. The Bertz CT molecular complexity index is 112. The van der Waals surface area contributed by atoms with Crippen molar-refractivity contribution in [2.75, 3.05) is 5.75 Å². The van der Waals surface area contributed by atoms with Crippen molar-refractivity contribution < 1.29 is 0 Å². The van der Waals surface area contributed by atoms with E-state index < -0.39 is 0 Å². The van der Waals surface area contributed by atoms with Crippen LogP contribution in [-0.2, 0) is 0 Å². The van der Waals surface area contributed by atoms with E-state index in [0.29, 0.717) is 0 Å². The molecule has 0 rings (SSSR count). The fraction of sp³-hybridized carbons (Fsp3) is 1.00. The van der Waals surface area contributed by atoms with Gasteiger partial charge in [-0.1, -0.05) is 59.3 Å². The molecule has 2 unspecified atom stereocenters. The standard InChI is InChI=1S/C13H28S/c1-4-6-7-8-10-13(11-14)12(3)9-5-2/h12-14H,4-11H2,1-3H3. The van der Waals surface area contributed by atoms with Gasteiger partial charge in [-0.3, -0.25) is 0 Å². The summed E-state index contributed by atoms with van der Waals surface area (Å²) in [4.78, 5) is 0. The molecule has 14 heavy (non-hydrogen) atoms. The summed E-state index contributed by atoms with van der Waals surface area (Å²) >= 11 is 4.47.